The monoisotopic (exact) mass is 449 g/mol. The van der Waals surface area contributed by atoms with Gasteiger partial charge in [-0.2, -0.15) is 0 Å². The number of hydrogen-bond acceptors (Lipinski definition) is 7. The third kappa shape index (κ3) is 4.64. The summed E-state index contributed by atoms with van der Waals surface area (Å²) >= 11 is 1.32. The fraction of sp³-hybridized carbons (Fsp3) is 0.550. The van der Waals surface area contributed by atoms with E-state index in [9.17, 15) is 13.2 Å². The van der Waals surface area contributed by atoms with E-state index in [0.717, 1.165) is 37.6 Å². The van der Waals surface area contributed by atoms with Gasteiger partial charge in [0.2, 0.25) is 11.9 Å². The zero-order valence-corrected chi connectivity index (χ0v) is 18.9. The zero-order chi connectivity index (χ0) is 21.4. The first-order valence-electron chi connectivity index (χ1n) is 10.2. The van der Waals surface area contributed by atoms with E-state index >= 15 is 0 Å². The number of aryl methyl sites for hydroxylation is 1. The minimum Gasteiger partial charge on any atom is -0.349 e. The minimum absolute atomic E-state index is 0.00490. The van der Waals surface area contributed by atoms with Gasteiger partial charge in [-0.25, -0.2) is 8.42 Å². The Balaban J connectivity index is 1.51. The van der Waals surface area contributed by atoms with Crippen LogP contribution in [0.25, 0.3) is 5.69 Å². The number of carbonyl (C=O) groups is 1. The van der Waals surface area contributed by atoms with Crippen molar-refractivity contribution in [2.45, 2.75) is 43.8 Å². The van der Waals surface area contributed by atoms with Gasteiger partial charge in [-0.3, -0.25) is 9.36 Å². The summed E-state index contributed by atoms with van der Waals surface area (Å²) in [6.45, 7) is 5.73. The number of amides is 1. The Morgan fingerprint density at radius 3 is 2.53 bits per heavy atom. The summed E-state index contributed by atoms with van der Waals surface area (Å²) in [5.41, 5.74) is 1.44. The molecule has 10 heteroatoms. The molecule has 2 aliphatic rings. The van der Waals surface area contributed by atoms with E-state index in [-0.39, 0.29) is 23.2 Å². The number of hydrogen-bond donors (Lipinski definition) is 1. The molecular formula is C20H27N5O3S2. The van der Waals surface area contributed by atoms with Crippen LogP contribution in [0.5, 0.6) is 0 Å². The molecule has 0 unspecified atom stereocenters. The molecule has 30 heavy (non-hydrogen) atoms. The van der Waals surface area contributed by atoms with Crippen LogP contribution >= 0.6 is 11.8 Å². The average molecular weight is 450 g/mol. The molecule has 1 amide bonds. The summed E-state index contributed by atoms with van der Waals surface area (Å²) in [4.78, 5) is 14.8. The van der Waals surface area contributed by atoms with Crippen LogP contribution in [0.3, 0.4) is 0 Å². The predicted octanol–water partition coefficient (Wildman–Crippen LogP) is 1.96. The molecule has 2 aliphatic heterocycles. The molecule has 2 fully saturated rings. The molecule has 1 aromatic heterocycles. The van der Waals surface area contributed by atoms with Gasteiger partial charge in [0.15, 0.2) is 15.0 Å². The largest absolute Gasteiger partial charge is 0.349 e. The third-order valence-corrected chi connectivity index (χ3v) is 8.41. The van der Waals surface area contributed by atoms with E-state index in [2.05, 4.69) is 20.4 Å². The summed E-state index contributed by atoms with van der Waals surface area (Å²) in [6.07, 6.45) is 2.71. The maximum Gasteiger partial charge on any atom is 0.232 e. The van der Waals surface area contributed by atoms with Crippen molar-refractivity contribution in [2.24, 2.45) is 0 Å². The van der Waals surface area contributed by atoms with Gasteiger partial charge in [-0.15, -0.1) is 10.2 Å². The van der Waals surface area contributed by atoms with Crippen molar-refractivity contribution in [3.05, 3.63) is 29.8 Å². The summed E-state index contributed by atoms with van der Waals surface area (Å²) in [7, 11) is -3.07. The fourth-order valence-corrected chi connectivity index (χ4v) is 6.85. The molecule has 1 aromatic carbocycles. The van der Waals surface area contributed by atoms with Crippen molar-refractivity contribution < 1.29 is 13.2 Å². The van der Waals surface area contributed by atoms with E-state index in [4.69, 9.17) is 0 Å². The highest BCUT2D eigenvalue weighted by atomic mass is 32.2. The number of thioether (sulfide) groups is 1. The number of nitrogens with one attached hydrogen (secondary N) is 1. The SMILES string of the molecule is Cc1ccc(-n2c(SCC(=O)N[C@]3(C)CCS(=O)(=O)C3)nnc2N2CCCC2)cc1. The van der Waals surface area contributed by atoms with Crippen LogP contribution in [0, 0.1) is 6.92 Å². The third-order valence-electron chi connectivity index (χ3n) is 5.57. The second kappa shape index (κ2) is 8.22. The lowest BCUT2D eigenvalue weighted by molar-refractivity contribution is -0.120. The minimum atomic E-state index is -3.07. The van der Waals surface area contributed by atoms with Gasteiger partial charge < -0.3 is 10.2 Å². The molecule has 0 aliphatic carbocycles. The molecule has 1 atom stereocenters. The van der Waals surface area contributed by atoms with E-state index in [1.165, 1.54) is 17.3 Å². The van der Waals surface area contributed by atoms with Gasteiger partial charge >= 0.3 is 0 Å². The highest BCUT2D eigenvalue weighted by Crippen LogP contribution is 2.29. The smallest absolute Gasteiger partial charge is 0.232 e. The first kappa shape index (κ1) is 21.2. The number of benzene rings is 1. The number of aromatic nitrogens is 3. The molecule has 162 valence electrons. The number of sulfone groups is 1. The van der Waals surface area contributed by atoms with Crippen molar-refractivity contribution in [3.8, 4) is 5.69 Å². The second-order valence-corrected chi connectivity index (χ2v) is 11.5. The van der Waals surface area contributed by atoms with Crippen LogP contribution in [-0.2, 0) is 14.6 Å². The first-order valence-corrected chi connectivity index (χ1v) is 13.0. The van der Waals surface area contributed by atoms with Crippen molar-refractivity contribution >= 4 is 33.5 Å². The van der Waals surface area contributed by atoms with Crippen LogP contribution < -0.4 is 10.2 Å². The number of nitrogens with zero attached hydrogens (tertiary/aromatic N) is 4. The molecule has 0 spiro atoms. The number of anilines is 1. The lowest BCUT2D eigenvalue weighted by Gasteiger charge is -2.23. The number of carbonyl (C=O) groups excluding carboxylic acids is 1. The van der Waals surface area contributed by atoms with Crippen LogP contribution in [-0.4, -0.2) is 65.0 Å². The van der Waals surface area contributed by atoms with Gasteiger partial charge in [0.25, 0.3) is 0 Å². The van der Waals surface area contributed by atoms with Gasteiger partial charge in [0.05, 0.1) is 28.5 Å². The van der Waals surface area contributed by atoms with Gasteiger partial charge in [0.1, 0.15) is 0 Å². The topological polar surface area (TPSA) is 97.2 Å². The fourth-order valence-electron chi connectivity index (χ4n) is 4.01. The lowest BCUT2D eigenvalue weighted by Crippen LogP contribution is -2.47. The van der Waals surface area contributed by atoms with Gasteiger partial charge in [-0.1, -0.05) is 29.5 Å². The molecule has 1 N–H and O–H groups in total. The quantitative estimate of drug-likeness (QED) is 0.673. The Bertz CT molecular complexity index is 1030. The maximum absolute atomic E-state index is 12.5. The number of rotatable bonds is 6. The summed E-state index contributed by atoms with van der Waals surface area (Å²) in [5.74, 6) is 0.876. The molecule has 3 heterocycles. The van der Waals surface area contributed by atoms with Crippen molar-refractivity contribution in [3.63, 3.8) is 0 Å². The highest BCUT2D eigenvalue weighted by molar-refractivity contribution is 7.99. The van der Waals surface area contributed by atoms with E-state index in [1.54, 1.807) is 6.92 Å². The van der Waals surface area contributed by atoms with Gasteiger partial charge in [0, 0.05) is 13.1 Å². The molecule has 0 saturated carbocycles. The standard InChI is InChI=1S/C20H27N5O3S2/c1-15-5-7-16(8-6-15)25-18(24-10-3-4-11-24)22-23-19(25)29-13-17(26)21-20(2)9-12-30(27,28)14-20/h5-8H,3-4,9-14H2,1-2H3,(H,21,26)/t20-/m1/s1. The highest BCUT2D eigenvalue weighted by Gasteiger charge is 2.39. The van der Waals surface area contributed by atoms with E-state index in [1.807, 2.05) is 35.8 Å². The molecule has 0 radical (unpaired) electrons. The Morgan fingerprint density at radius 1 is 1.20 bits per heavy atom. The molecule has 4 rings (SSSR count). The van der Waals surface area contributed by atoms with Crippen molar-refractivity contribution in [1.29, 1.82) is 0 Å². The van der Waals surface area contributed by atoms with E-state index < -0.39 is 15.4 Å². The van der Waals surface area contributed by atoms with Crippen molar-refractivity contribution in [2.75, 3.05) is 35.2 Å². The predicted molar refractivity (Wildman–Crippen MR) is 118 cm³/mol. The normalized spacial score (nSPS) is 23.1. The summed E-state index contributed by atoms with van der Waals surface area (Å²) in [6, 6.07) is 8.16. The van der Waals surface area contributed by atoms with Crippen LogP contribution in [0.15, 0.2) is 29.4 Å². The Kier molecular flexibility index (Phi) is 5.80. The maximum atomic E-state index is 12.5. The lowest BCUT2D eigenvalue weighted by atomic mass is 10.0. The van der Waals surface area contributed by atoms with E-state index in [0.29, 0.717) is 11.6 Å². The average Bonchev–Trinajstić information content (AvgIpc) is 3.39. The molecule has 2 saturated heterocycles. The summed E-state index contributed by atoms with van der Waals surface area (Å²) in [5, 5.41) is 12.3. The molecular weight excluding hydrogens is 422 g/mol. The Morgan fingerprint density at radius 2 is 1.90 bits per heavy atom. The molecule has 0 bridgehead atoms. The first-order chi connectivity index (χ1) is 14.2. The zero-order valence-electron chi connectivity index (χ0n) is 17.3. The second-order valence-electron chi connectivity index (χ2n) is 8.39. The van der Waals surface area contributed by atoms with Crippen LogP contribution in [0.2, 0.25) is 0 Å². The Labute approximate surface area is 181 Å². The van der Waals surface area contributed by atoms with Gasteiger partial charge in [-0.05, 0) is 45.2 Å². The van der Waals surface area contributed by atoms with Crippen LogP contribution in [0.4, 0.5) is 5.95 Å². The molecule has 2 aromatic rings. The van der Waals surface area contributed by atoms with Crippen LogP contribution in [0.1, 0.15) is 31.7 Å². The summed E-state index contributed by atoms with van der Waals surface area (Å²) < 4.78 is 25.6. The molecule has 8 nitrogen and oxygen atoms in total. The Hall–Kier alpha value is -2.07. The van der Waals surface area contributed by atoms with Crippen molar-refractivity contribution in [1.82, 2.24) is 20.1 Å².